The Kier molecular flexibility index (Phi) is 8.53. The number of benzene rings is 2. The molecule has 1 fully saturated rings. The van der Waals surface area contributed by atoms with Gasteiger partial charge in [-0.2, -0.15) is 0 Å². The molecule has 8 heteroatoms. The largest absolute Gasteiger partial charge is 0.394 e. The van der Waals surface area contributed by atoms with Crippen LogP contribution in [-0.2, 0) is 32.2 Å². The van der Waals surface area contributed by atoms with Gasteiger partial charge in [-0.25, -0.2) is 0 Å². The summed E-state index contributed by atoms with van der Waals surface area (Å²) in [6.07, 6.45) is -5.53. The molecule has 1 amide bonds. The Hall–Kier alpha value is -2.33. The molecule has 0 aromatic heterocycles. The van der Waals surface area contributed by atoms with E-state index in [9.17, 15) is 20.1 Å². The Labute approximate surface area is 181 Å². The first-order valence-electron chi connectivity index (χ1n) is 10.2. The number of nitrogens with one attached hydrogen (secondary N) is 1. The van der Waals surface area contributed by atoms with Gasteiger partial charge in [0.05, 0.1) is 19.8 Å². The van der Waals surface area contributed by atoms with E-state index in [-0.39, 0.29) is 19.1 Å². The summed E-state index contributed by atoms with van der Waals surface area (Å²) in [6, 6.07) is 17.9. The third kappa shape index (κ3) is 6.33. The summed E-state index contributed by atoms with van der Waals surface area (Å²) in [6.45, 7) is 1.13. The maximum atomic E-state index is 11.8. The van der Waals surface area contributed by atoms with Crippen molar-refractivity contribution in [2.24, 2.45) is 0 Å². The zero-order valence-electron chi connectivity index (χ0n) is 17.3. The molecule has 168 valence electrons. The number of hydrogen-bond acceptors (Lipinski definition) is 7. The minimum atomic E-state index is -1.45. The molecule has 0 unspecified atom stereocenters. The number of hydrogen-bond donors (Lipinski definition) is 4. The van der Waals surface area contributed by atoms with E-state index in [1.165, 1.54) is 6.92 Å². The molecule has 2 aromatic carbocycles. The fourth-order valence-electron chi connectivity index (χ4n) is 3.60. The van der Waals surface area contributed by atoms with Crippen LogP contribution in [0.15, 0.2) is 60.7 Å². The predicted octanol–water partition coefficient (Wildman–Crippen LogP) is 0.732. The molecule has 3 rings (SSSR count). The zero-order valence-corrected chi connectivity index (χ0v) is 17.3. The third-order valence-corrected chi connectivity index (χ3v) is 5.11. The molecule has 4 N–H and O–H groups in total. The van der Waals surface area contributed by atoms with Crippen molar-refractivity contribution >= 4 is 5.91 Å². The van der Waals surface area contributed by atoms with Crippen LogP contribution in [0.4, 0.5) is 0 Å². The van der Waals surface area contributed by atoms with Crippen LogP contribution in [-0.4, -0.2) is 64.6 Å². The van der Waals surface area contributed by atoms with E-state index in [1.54, 1.807) is 0 Å². The van der Waals surface area contributed by atoms with Crippen molar-refractivity contribution in [3.8, 4) is 0 Å². The van der Waals surface area contributed by atoms with Gasteiger partial charge in [-0.15, -0.1) is 0 Å². The molecular formula is C23H29NO7. The van der Waals surface area contributed by atoms with Gasteiger partial charge < -0.3 is 34.8 Å². The Balaban J connectivity index is 1.86. The minimum absolute atomic E-state index is 0.192. The second-order valence-electron chi connectivity index (χ2n) is 7.49. The summed E-state index contributed by atoms with van der Waals surface area (Å²) in [4.78, 5) is 11.8. The number of carbonyl (C=O) groups excluding carboxylic acids is 1. The van der Waals surface area contributed by atoms with Crippen molar-refractivity contribution in [3.05, 3.63) is 71.8 Å². The van der Waals surface area contributed by atoms with Crippen molar-refractivity contribution in [3.63, 3.8) is 0 Å². The lowest BCUT2D eigenvalue weighted by Gasteiger charge is -2.46. The molecule has 0 radical (unpaired) electrons. The van der Waals surface area contributed by atoms with Crippen LogP contribution in [0.3, 0.4) is 0 Å². The molecule has 0 saturated carbocycles. The van der Waals surface area contributed by atoms with Crippen molar-refractivity contribution in [2.45, 2.75) is 56.9 Å². The molecule has 1 aliphatic heterocycles. The number of ether oxygens (including phenoxy) is 3. The summed E-state index contributed by atoms with van der Waals surface area (Å²) in [5.41, 5.74) is 1.79. The maximum absolute atomic E-state index is 11.8. The molecule has 31 heavy (non-hydrogen) atoms. The molecule has 0 bridgehead atoms. The molecule has 0 aliphatic carbocycles. The van der Waals surface area contributed by atoms with E-state index in [0.717, 1.165) is 11.1 Å². The van der Waals surface area contributed by atoms with Gasteiger partial charge in [-0.05, 0) is 11.1 Å². The highest BCUT2D eigenvalue weighted by molar-refractivity contribution is 5.73. The molecule has 2 aromatic rings. The molecule has 1 aliphatic rings. The van der Waals surface area contributed by atoms with E-state index in [1.807, 2.05) is 60.7 Å². The predicted molar refractivity (Wildman–Crippen MR) is 112 cm³/mol. The monoisotopic (exact) mass is 431 g/mol. The van der Waals surface area contributed by atoms with E-state index in [0.29, 0.717) is 0 Å². The van der Waals surface area contributed by atoms with E-state index in [4.69, 9.17) is 14.2 Å². The lowest BCUT2D eigenvalue weighted by Crippen LogP contribution is -2.67. The lowest BCUT2D eigenvalue weighted by atomic mass is 9.93. The van der Waals surface area contributed by atoms with Crippen molar-refractivity contribution in [1.29, 1.82) is 0 Å². The van der Waals surface area contributed by atoms with Crippen molar-refractivity contribution in [2.75, 3.05) is 6.61 Å². The molecule has 1 heterocycles. The van der Waals surface area contributed by atoms with E-state index in [2.05, 4.69) is 5.32 Å². The molecule has 0 spiro atoms. The highest BCUT2D eigenvalue weighted by atomic mass is 16.6. The first kappa shape index (κ1) is 23.3. The van der Waals surface area contributed by atoms with Crippen LogP contribution in [0.5, 0.6) is 0 Å². The SMILES string of the molecule is CC(=O)N[C@@H]1[C@@H](OCc2ccccc2)[C@H](OCc2ccccc2)[C@@H]([C@@H](O)CO)O[C@@H]1O. The smallest absolute Gasteiger partial charge is 0.217 e. The Bertz CT molecular complexity index is 804. The fourth-order valence-corrected chi connectivity index (χ4v) is 3.60. The van der Waals surface area contributed by atoms with E-state index < -0.39 is 43.4 Å². The zero-order chi connectivity index (χ0) is 22.2. The number of carbonyl (C=O) groups is 1. The molecule has 6 atom stereocenters. The summed E-state index contributed by atoms with van der Waals surface area (Å²) < 4.78 is 17.8. The van der Waals surface area contributed by atoms with Crippen LogP contribution in [0.1, 0.15) is 18.1 Å². The average molecular weight is 431 g/mol. The van der Waals surface area contributed by atoms with Crippen molar-refractivity contribution in [1.82, 2.24) is 5.32 Å². The summed E-state index contributed by atoms with van der Waals surface area (Å²) in [5.74, 6) is -0.371. The summed E-state index contributed by atoms with van der Waals surface area (Å²) in [7, 11) is 0. The molecule has 1 saturated heterocycles. The topological polar surface area (TPSA) is 117 Å². The molecular weight excluding hydrogens is 402 g/mol. The van der Waals surface area contributed by atoms with Gasteiger partial charge in [0.2, 0.25) is 5.91 Å². The first-order valence-corrected chi connectivity index (χ1v) is 10.2. The second kappa shape index (κ2) is 11.3. The first-order chi connectivity index (χ1) is 15.0. The Morgan fingerprint density at radius 3 is 2.00 bits per heavy atom. The highest BCUT2D eigenvalue weighted by Crippen LogP contribution is 2.29. The van der Waals surface area contributed by atoms with Crippen LogP contribution >= 0.6 is 0 Å². The standard InChI is InChI=1S/C23H29NO7/c1-15(26)24-19-21(29-13-16-8-4-2-5-9-16)22(20(18(27)12-25)31-23(19)28)30-14-17-10-6-3-7-11-17/h2-11,18-23,25,27-28H,12-14H2,1H3,(H,24,26)/t18-,19+,20+,21+,22+,23-/m0/s1. The normalized spacial score (nSPS) is 26.9. The number of aliphatic hydroxyl groups excluding tert-OH is 3. The van der Waals surface area contributed by atoms with Gasteiger partial charge in [0, 0.05) is 6.92 Å². The number of aliphatic hydroxyl groups is 3. The number of rotatable bonds is 9. The van der Waals surface area contributed by atoms with E-state index >= 15 is 0 Å². The quantitative estimate of drug-likeness (QED) is 0.462. The Morgan fingerprint density at radius 1 is 1.00 bits per heavy atom. The lowest BCUT2D eigenvalue weighted by molar-refractivity contribution is -0.288. The van der Waals surface area contributed by atoms with Gasteiger partial charge in [0.1, 0.15) is 30.5 Å². The third-order valence-electron chi connectivity index (χ3n) is 5.11. The summed E-state index contributed by atoms with van der Waals surface area (Å²) >= 11 is 0. The number of amides is 1. The fraction of sp³-hybridized carbons (Fsp3) is 0.435. The van der Waals surface area contributed by atoms with Gasteiger partial charge in [-0.3, -0.25) is 4.79 Å². The van der Waals surface area contributed by atoms with Crippen LogP contribution < -0.4 is 5.32 Å². The average Bonchev–Trinajstić information content (AvgIpc) is 2.79. The highest BCUT2D eigenvalue weighted by Gasteiger charge is 2.49. The maximum Gasteiger partial charge on any atom is 0.217 e. The second-order valence-corrected chi connectivity index (χ2v) is 7.49. The van der Waals surface area contributed by atoms with Crippen LogP contribution in [0.2, 0.25) is 0 Å². The van der Waals surface area contributed by atoms with Gasteiger partial charge >= 0.3 is 0 Å². The van der Waals surface area contributed by atoms with Crippen molar-refractivity contribution < 1.29 is 34.3 Å². The minimum Gasteiger partial charge on any atom is -0.394 e. The van der Waals surface area contributed by atoms with Crippen LogP contribution in [0, 0.1) is 0 Å². The molecule has 8 nitrogen and oxygen atoms in total. The van der Waals surface area contributed by atoms with Crippen LogP contribution in [0.25, 0.3) is 0 Å². The summed E-state index contributed by atoms with van der Waals surface area (Å²) in [5, 5.41) is 33.0. The van der Waals surface area contributed by atoms with Gasteiger partial charge in [-0.1, -0.05) is 60.7 Å². The van der Waals surface area contributed by atoms with Gasteiger partial charge in [0.25, 0.3) is 0 Å². The Morgan fingerprint density at radius 2 is 1.52 bits per heavy atom. The van der Waals surface area contributed by atoms with Gasteiger partial charge in [0.15, 0.2) is 6.29 Å².